The Hall–Kier alpha value is 0.270. The van der Waals surface area contributed by atoms with Crippen LogP contribution in [0.5, 0.6) is 0 Å². The fraction of sp³-hybridized carbons (Fsp3) is 0.600. The molecule has 0 aromatic carbocycles. The third kappa shape index (κ3) is 1.67. The Morgan fingerprint density at radius 3 is 2.86 bits per heavy atom. The molecule has 1 aliphatic rings. The van der Waals surface area contributed by atoms with Crippen molar-refractivity contribution in [2.45, 2.75) is 10.3 Å². The second-order valence-electron chi connectivity index (χ2n) is 1.50. The predicted molar refractivity (Wildman–Crippen MR) is 37.5 cm³/mol. The van der Waals surface area contributed by atoms with Gasteiger partial charge < -0.3 is 4.74 Å². The lowest BCUT2D eigenvalue weighted by atomic mass is 10.3. The van der Waals surface area contributed by atoms with Crippen molar-refractivity contribution in [2.24, 2.45) is 0 Å². The second-order valence-corrected chi connectivity index (χ2v) is 3.10. The van der Waals surface area contributed by atoms with Gasteiger partial charge in [0.25, 0.3) is 0 Å². The number of hydrogen-bond donors (Lipinski definition) is 0. The molecule has 1 atom stereocenters. The van der Waals surface area contributed by atoms with Crippen LogP contribution in [0.2, 0.25) is 0 Å². The molecule has 0 aromatic heterocycles. The van der Waals surface area contributed by atoms with E-state index in [-0.39, 0.29) is 0 Å². The maximum atomic E-state index is 4.95. The molecule has 1 aliphatic heterocycles. The van der Waals surface area contributed by atoms with E-state index in [9.17, 15) is 0 Å². The SMILES string of the molecule is IC1C=COCC1. The van der Waals surface area contributed by atoms with E-state index < -0.39 is 0 Å². The van der Waals surface area contributed by atoms with Crippen molar-refractivity contribution in [3.8, 4) is 0 Å². The van der Waals surface area contributed by atoms with Gasteiger partial charge in [0.2, 0.25) is 0 Å². The normalized spacial score (nSPS) is 29.6. The molecule has 0 radical (unpaired) electrons. The van der Waals surface area contributed by atoms with Crippen LogP contribution in [0.3, 0.4) is 0 Å². The second kappa shape index (κ2) is 2.55. The highest BCUT2D eigenvalue weighted by Gasteiger charge is 2.01. The van der Waals surface area contributed by atoms with Gasteiger partial charge >= 0.3 is 0 Å². The Kier molecular flexibility index (Phi) is 1.97. The minimum Gasteiger partial charge on any atom is -0.501 e. The van der Waals surface area contributed by atoms with Crippen LogP contribution in [-0.2, 0) is 4.74 Å². The molecule has 2 heteroatoms. The van der Waals surface area contributed by atoms with Crippen molar-refractivity contribution in [1.29, 1.82) is 0 Å². The fourth-order valence-electron chi connectivity index (χ4n) is 0.486. The number of ether oxygens (including phenoxy) is 1. The fourth-order valence-corrected chi connectivity index (χ4v) is 0.909. The topological polar surface area (TPSA) is 9.23 Å². The first kappa shape index (κ1) is 5.41. The van der Waals surface area contributed by atoms with Crippen molar-refractivity contribution in [1.82, 2.24) is 0 Å². The van der Waals surface area contributed by atoms with Crippen LogP contribution in [0.4, 0.5) is 0 Å². The summed E-state index contributed by atoms with van der Waals surface area (Å²) in [6.45, 7) is 0.893. The van der Waals surface area contributed by atoms with Gasteiger partial charge in [0.1, 0.15) is 0 Å². The Morgan fingerprint density at radius 1 is 1.71 bits per heavy atom. The number of alkyl halides is 1. The summed E-state index contributed by atoms with van der Waals surface area (Å²) in [5.41, 5.74) is 0. The summed E-state index contributed by atoms with van der Waals surface area (Å²) in [5.74, 6) is 0. The van der Waals surface area contributed by atoms with Crippen LogP contribution in [-0.4, -0.2) is 10.5 Å². The van der Waals surface area contributed by atoms with Gasteiger partial charge in [0, 0.05) is 3.92 Å². The molecule has 1 nitrogen and oxygen atoms in total. The van der Waals surface area contributed by atoms with Crippen molar-refractivity contribution in [3.05, 3.63) is 12.3 Å². The summed E-state index contributed by atoms with van der Waals surface area (Å²) in [7, 11) is 0. The zero-order chi connectivity index (χ0) is 5.11. The lowest BCUT2D eigenvalue weighted by Gasteiger charge is -2.08. The van der Waals surface area contributed by atoms with E-state index in [1.165, 1.54) is 0 Å². The highest BCUT2D eigenvalue weighted by molar-refractivity contribution is 14.1. The van der Waals surface area contributed by atoms with Gasteiger partial charge in [-0.05, 0) is 12.5 Å². The van der Waals surface area contributed by atoms with E-state index in [0.29, 0.717) is 3.92 Å². The minimum absolute atomic E-state index is 0.700. The molecule has 1 heterocycles. The highest BCUT2D eigenvalue weighted by Crippen LogP contribution is 2.11. The molecule has 0 spiro atoms. The molecule has 40 valence electrons. The van der Waals surface area contributed by atoms with E-state index in [0.717, 1.165) is 13.0 Å². The maximum Gasteiger partial charge on any atom is 0.0886 e. The van der Waals surface area contributed by atoms with Crippen LogP contribution in [0.25, 0.3) is 0 Å². The van der Waals surface area contributed by atoms with Crippen LogP contribution >= 0.6 is 22.6 Å². The quantitative estimate of drug-likeness (QED) is 0.437. The highest BCUT2D eigenvalue weighted by atomic mass is 127. The van der Waals surface area contributed by atoms with Crippen molar-refractivity contribution >= 4 is 22.6 Å². The van der Waals surface area contributed by atoms with Crippen LogP contribution < -0.4 is 0 Å². The van der Waals surface area contributed by atoms with Crippen LogP contribution in [0.1, 0.15) is 6.42 Å². The average Bonchev–Trinajstić information content (AvgIpc) is 1.69. The number of halogens is 1. The summed E-state index contributed by atoms with van der Waals surface area (Å²) >= 11 is 2.39. The van der Waals surface area contributed by atoms with Gasteiger partial charge in [-0.1, -0.05) is 22.6 Å². The van der Waals surface area contributed by atoms with Crippen molar-refractivity contribution < 1.29 is 4.74 Å². The van der Waals surface area contributed by atoms with E-state index in [1.54, 1.807) is 6.26 Å². The van der Waals surface area contributed by atoms with Gasteiger partial charge in [-0.3, -0.25) is 0 Å². The standard InChI is InChI=1S/C5H7IO/c6-5-1-3-7-4-2-5/h1,3,5H,2,4H2. The largest absolute Gasteiger partial charge is 0.501 e. The van der Waals surface area contributed by atoms with Crippen molar-refractivity contribution in [2.75, 3.05) is 6.61 Å². The molecule has 1 unspecified atom stereocenters. The number of hydrogen-bond acceptors (Lipinski definition) is 1. The molecule has 1 rings (SSSR count). The van der Waals surface area contributed by atoms with Gasteiger partial charge in [0.05, 0.1) is 12.9 Å². The predicted octanol–water partition coefficient (Wildman–Crippen LogP) is 1.72. The molecule has 0 aromatic rings. The summed E-state index contributed by atoms with van der Waals surface area (Å²) < 4.78 is 5.65. The van der Waals surface area contributed by atoms with Gasteiger partial charge in [-0.15, -0.1) is 0 Å². The summed E-state index contributed by atoms with van der Waals surface area (Å²) in [4.78, 5) is 0. The third-order valence-electron chi connectivity index (χ3n) is 0.895. The molecule has 7 heavy (non-hydrogen) atoms. The molecule has 0 aliphatic carbocycles. The Morgan fingerprint density at radius 2 is 2.57 bits per heavy atom. The molecule has 0 amide bonds. The first-order chi connectivity index (χ1) is 3.39. The smallest absolute Gasteiger partial charge is 0.0886 e. The Balaban J connectivity index is 2.36. The molecular formula is C5H7IO. The first-order valence-corrected chi connectivity index (χ1v) is 3.56. The monoisotopic (exact) mass is 210 g/mol. The molecule has 0 bridgehead atoms. The Bertz CT molecular complexity index is 80.1. The van der Waals surface area contributed by atoms with E-state index in [4.69, 9.17) is 4.74 Å². The van der Waals surface area contributed by atoms with Crippen molar-refractivity contribution in [3.63, 3.8) is 0 Å². The average molecular weight is 210 g/mol. The minimum atomic E-state index is 0.700. The van der Waals surface area contributed by atoms with E-state index in [2.05, 4.69) is 28.7 Å². The number of allylic oxidation sites excluding steroid dienone is 1. The lowest BCUT2D eigenvalue weighted by molar-refractivity contribution is 0.234. The zero-order valence-electron chi connectivity index (χ0n) is 3.93. The third-order valence-corrected chi connectivity index (χ3v) is 1.93. The summed E-state index contributed by atoms with van der Waals surface area (Å²) in [6, 6.07) is 0. The summed E-state index contributed by atoms with van der Waals surface area (Å²) in [5, 5.41) is 0. The molecule has 0 fully saturated rings. The summed E-state index contributed by atoms with van der Waals surface area (Å²) in [6.07, 6.45) is 5.02. The molecule has 0 N–H and O–H groups in total. The van der Waals surface area contributed by atoms with Gasteiger partial charge in [-0.2, -0.15) is 0 Å². The van der Waals surface area contributed by atoms with Crippen LogP contribution in [0, 0.1) is 0 Å². The van der Waals surface area contributed by atoms with E-state index in [1.807, 2.05) is 0 Å². The molecular weight excluding hydrogens is 203 g/mol. The lowest BCUT2D eigenvalue weighted by Crippen LogP contribution is -2.03. The molecule has 0 saturated carbocycles. The maximum absolute atomic E-state index is 4.95. The first-order valence-electron chi connectivity index (χ1n) is 2.32. The van der Waals surface area contributed by atoms with Gasteiger partial charge in [0.15, 0.2) is 0 Å². The zero-order valence-corrected chi connectivity index (χ0v) is 6.09. The number of rotatable bonds is 0. The van der Waals surface area contributed by atoms with Crippen LogP contribution in [0.15, 0.2) is 12.3 Å². The Labute approximate surface area is 56.9 Å². The van der Waals surface area contributed by atoms with Gasteiger partial charge in [-0.25, -0.2) is 0 Å². The molecule has 0 saturated heterocycles. The van der Waals surface area contributed by atoms with E-state index >= 15 is 0 Å².